The van der Waals surface area contributed by atoms with E-state index in [4.69, 9.17) is 4.74 Å². The van der Waals surface area contributed by atoms with E-state index in [1.54, 1.807) is 24.4 Å². The number of nitrogens with one attached hydrogen (secondary N) is 1. The average molecular weight is 364 g/mol. The molecular weight excluding hydrogens is 353 g/mol. The van der Waals surface area contributed by atoms with E-state index in [2.05, 4.69) is 31.2 Å². The SMILES string of the molecule is COc1cc2cnc(Nc3ccc(Br)c(F)c3)nc2cc1O. The Kier molecular flexibility index (Phi) is 3.81. The number of hydrogen-bond donors (Lipinski definition) is 2. The second kappa shape index (κ2) is 5.76. The minimum atomic E-state index is -0.381. The second-order valence-corrected chi connectivity index (χ2v) is 5.38. The van der Waals surface area contributed by atoms with Crippen molar-refractivity contribution >= 4 is 38.5 Å². The molecule has 0 bridgehead atoms. The van der Waals surface area contributed by atoms with Gasteiger partial charge in [-0.3, -0.25) is 0 Å². The van der Waals surface area contributed by atoms with Gasteiger partial charge in [-0.15, -0.1) is 0 Å². The van der Waals surface area contributed by atoms with Crippen molar-refractivity contribution in [3.05, 3.63) is 46.8 Å². The molecule has 0 saturated carbocycles. The molecule has 0 saturated heterocycles. The van der Waals surface area contributed by atoms with E-state index in [0.717, 1.165) is 5.39 Å². The second-order valence-electron chi connectivity index (χ2n) is 4.53. The first-order valence-corrected chi connectivity index (χ1v) is 7.12. The molecule has 112 valence electrons. The summed E-state index contributed by atoms with van der Waals surface area (Å²) in [6.45, 7) is 0. The van der Waals surface area contributed by atoms with Gasteiger partial charge in [0.05, 0.1) is 17.1 Å². The van der Waals surface area contributed by atoms with Crippen molar-refractivity contribution in [3.8, 4) is 11.5 Å². The number of anilines is 2. The van der Waals surface area contributed by atoms with Crippen LogP contribution in [0.4, 0.5) is 16.0 Å². The summed E-state index contributed by atoms with van der Waals surface area (Å²) >= 11 is 3.10. The lowest BCUT2D eigenvalue weighted by Gasteiger charge is -2.08. The van der Waals surface area contributed by atoms with Crippen molar-refractivity contribution < 1.29 is 14.2 Å². The number of aromatic hydroxyl groups is 1. The van der Waals surface area contributed by atoms with Gasteiger partial charge in [-0.05, 0) is 40.2 Å². The largest absolute Gasteiger partial charge is 0.504 e. The molecule has 0 fully saturated rings. The third kappa shape index (κ3) is 2.80. The maximum Gasteiger partial charge on any atom is 0.227 e. The first kappa shape index (κ1) is 14.5. The number of rotatable bonds is 3. The van der Waals surface area contributed by atoms with Crippen molar-refractivity contribution in [2.75, 3.05) is 12.4 Å². The van der Waals surface area contributed by atoms with Crippen LogP contribution >= 0.6 is 15.9 Å². The average Bonchev–Trinajstić information content (AvgIpc) is 2.50. The van der Waals surface area contributed by atoms with Gasteiger partial charge in [0.1, 0.15) is 5.82 Å². The summed E-state index contributed by atoms with van der Waals surface area (Å²) in [4.78, 5) is 8.45. The fourth-order valence-corrected chi connectivity index (χ4v) is 2.22. The van der Waals surface area contributed by atoms with E-state index in [9.17, 15) is 9.50 Å². The van der Waals surface area contributed by atoms with Gasteiger partial charge in [0.2, 0.25) is 5.95 Å². The Bertz CT molecular complexity index is 858. The Morgan fingerprint density at radius 3 is 2.82 bits per heavy atom. The smallest absolute Gasteiger partial charge is 0.227 e. The number of phenolic OH excluding ortho intramolecular Hbond substituents is 1. The zero-order valence-corrected chi connectivity index (χ0v) is 13.1. The number of fused-ring (bicyclic) bond motifs is 1. The van der Waals surface area contributed by atoms with E-state index in [-0.39, 0.29) is 11.6 Å². The maximum absolute atomic E-state index is 13.5. The van der Waals surface area contributed by atoms with E-state index in [1.165, 1.54) is 19.2 Å². The molecule has 0 spiro atoms. The number of hydrogen-bond acceptors (Lipinski definition) is 5. The number of halogens is 2. The molecule has 3 rings (SSSR count). The standard InChI is InChI=1S/C15H11BrFN3O2/c1-22-14-4-8-7-18-15(20-12(8)6-13(14)21)19-9-2-3-10(16)11(17)5-9/h2-7,21H,1H3,(H,18,19,20). The highest BCUT2D eigenvalue weighted by molar-refractivity contribution is 9.10. The fourth-order valence-electron chi connectivity index (χ4n) is 1.97. The number of methoxy groups -OCH3 is 1. The van der Waals surface area contributed by atoms with Crippen molar-refractivity contribution in [2.45, 2.75) is 0 Å². The van der Waals surface area contributed by atoms with Crippen molar-refractivity contribution in [3.63, 3.8) is 0 Å². The minimum absolute atomic E-state index is 0.00524. The zero-order valence-electron chi connectivity index (χ0n) is 11.5. The van der Waals surface area contributed by atoms with E-state index >= 15 is 0 Å². The fraction of sp³-hybridized carbons (Fsp3) is 0.0667. The van der Waals surface area contributed by atoms with Gasteiger partial charge in [-0.25, -0.2) is 14.4 Å². The summed E-state index contributed by atoms with van der Waals surface area (Å²) in [7, 11) is 1.47. The first-order chi connectivity index (χ1) is 10.6. The lowest BCUT2D eigenvalue weighted by atomic mass is 10.2. The number of phenols is 1. The molecule has 0 amide bonds. The molecule has 0 aliphatic carbocycles. The van der Waals surface area contributed by atoms with Crippen LogP contribution in [0.25, 0.3) is 10.9 Å². The molecule has 0 unspecified atom stereocenters. The molecule has 1 heterocycles. The molecule has 0 aliphatic heterocycles. The van der Waals surface area contributed by atoms with Crippen LogP contribution in [-0.2, 0) is 0 Å². The molecule has 2 N–H and O–H groups in total. The highest BCUT2D eigenvalue weighted by atomic mass is 79.9. The minimum Gasteiger partial charge on any atom is -0.504 e. The van der Waals surface area contributed by atoms with Crippen LogP contribution in [-0.4, -0.2) is 22.2 Å². The van der Waals surface area contributed by atoms with Gasteiger partial charge >= 0.3 is 0 Å². The molecule has 7 heteroatoms. The van der Waals surface area contributed by atoms with Crippen LogP contribution < -0.4 is 10.1 Å². The molecule has 3 aromatic rings. The number of benzene rings is 2. The Morgan fingerprint density at radius 1 is 1.27 bits per heavy atom. The predicted octanol–water partition coefficient (Wildman–Crippen LogP) is 3.99. The van der Waals surface area contributed by atoms with Crippen LogP contribution in [0, 0.1) is 5.82 Å². The summed E-state index contributed by atoms with van der Waals surface area (Å²) in [5.74, 6) is 0.271. The Morgan fingerprint density at radius 2 is 2.09 bits per heavy atom. The van der Waals surface area contributed by atoms with Gasteiger partial charge in [0, 0.05) is 23.3 Å². The third-order valence-corrected chi connectivity index (χ3v) is 3.70. The summed E-state index contributed by atoms with van der Waals surface area (Å²) in [6, 6.07) is 7.77. The summed E-state index contributed by atoms with van der Waals surface area (Å²) < 4.78 is 18.9. The monoisotopic (exact) mass is 363 g/mol. The highest BCUT2D eigenvalue weighted by Crippen LogP contribution is 2.30. The van der Waals surface area contributed by atoms with Crippen LogP contribution in [0.5, 0.6) is 11.5 Å². The van der Waals surface area contributed by atoms with Gasteiger partial charge in [0.25, 0.3) is 0 Å². The summed E-state index contributed by atoms with van der Waals surface area (Å²) in [6.07, 6.45) is 1.60. The number of nitrogens with zero attached hydrogens (tertiary/aromatic N) is 2. The van der Waals surface area contributed by atoms with Crippen molar-refractivity contribution in [1.29, 1.82) is 0 Å². The molecule has 0 aliphatic rings. The molecule has 22 heavy (non-hydrogen) atoms. The molecule has 5 nitrogen and oxygen atoms in total. The Hall–Kier alpha value is -2.41. The lowest BCUT2D eigenvalue weighted by molar-refractivity contribution is 0.374. The van der Waals surface area contributed by atoms with Crippen LogP contribution in [0.1, 0.15) is 0 Å². The highest BCUT2D eigenvalue weighted by Gasteiger charge is 2.08. The first-order valence-electron chi connectivity index (χ1n) is 6.32. The molecule has 1 aromatic heterocycles. The Labute approximate surface area is 133 Å². The Balaban J connectivity index is 1.96. The van der Waals surface area contributed by atoms with E-state index < -0.39 is 0 Å². The quantitative estimate of drug-likeness (QED) is 0.736. The number of ether oxygens (including phenoxy) is 1. The molecule has 0 radical (unpaired) electrons. The van der Waals surface area contributed by atoms with Crippen LogP contribution in [0.15, 0.2) is 41.0 Å². The predicted molar refractivity (Wildman–Crippen MR) is 85.1 cm³/mol. The normalized spacial score (nSPS) is 10.7. The third-order valence-electron chi connectivity index (χ3n) is 3.06. The van der Waals surface area contributed by atoms with Crippen molar-refractivity contribution in [1.82, 2.24) is 9.97 Å². The summed E-state index contributed by atoms with van der Waals surface area (Å²) in [5, 5.41) is 13.4. The van der Waals surface area contributed by atoms with E-state index in [1.807, 2.05) is 0 Å². The van der Waals surface area contributed by atoms with Gasteiger partial charge in [-0.1, -0.05) is 0 Å². The van der Waals surface area contributed by atoms with Crippen molar-refractivity contribution in [2.24, 2.45) is 0 Å². The summed E-state index contributed by atoms with van der Waals surface area (Å²) in [5.41, 5.74) is 1.08. The number of aromatic nitrogens is 2. The van der Waals surface area contributed by atoms with Crippen LogP contribution in [0.2, 0.25) is 0 Å². The zero-order chi connectivity index (χ0) is 15.7. The van der Waals surface area contributed by atoms with Gasteiger partial charge in [0.15, 0.2) is 11.5 Å². The van der Waals surface area contributed by atoms with Gasteiger partial charge < -0.3 is 15.2 Å². The lowest BCUT2D eigenvalue weighted by Crippen LogP contribution is -1.98. The molecule has 0 atom stereocenters. The van der Waals surface area contributed by atoms with E-state index in [0.29, 0.717) is 27.4 Å². The maximum atomic E-state index is 13.5. The molecule has 2 aromatic carbocycles. The van der Waals surface area contributed by atoms with Gasteiger partial charge in [-0.2, -0.15) is 0 Å². The van der Waals surface area contributed by atoms with Crippen LogP contribution in [0.3, 0.4) is 0 Å². The topological polar surface area (TPSA) is 67.3 Å². The molecular formula is C15H11BrFN3O2.